The number of hydrogen-bond donors (Lipinski definition) is 0. The van der Waals surface area contributed by atoms with Crippen LogP contribution in [-0.2, 0) is 4.74 Å². The molecular formula is C15H20N4O2S2. The van der Waals surface area contributed by atoms with Gasteiger partial charge < -0.3 is 9.64 Å². The maximum atomic E-state index is 11.8. The van der Waals surface area contributed by atoms with E-state index in [1.54, 1.807) is 12.3 Å². The van der Waals surface area contributed by atoms with Crippen molar-refractivity contribution in [3.05, 3.63) is 21.9 Å². The van der Waals surface area contributed by atoms with Gasteiger partial charge in [-0.25, -0.2) is 14.8 Å². The molecule has 0 amide bonds. The zero-order valence-corrected chi connectivity index (χ0v) is 15.1. The van der Waals surface area contributed by atoms with Gasteiger partial charge in [0.15, 0.2) is 5.69 Å². The van der Waals surface area contributed by atoms with E-state index in [0.29, 0.717) is 18.2 Å². The van der Waals surface area contributed by atoms with Crippen LogP contribution < -0.4 is 4.90 Å². The van der Waals surface area contributed by atoms with Crippen LogP contribution in [0.1, 0.15) is 66.9 Å². The van der Waals surface area contributed by atoms with Crippen LogP contribution in [-0.4, -0.2) is 33.5 Å². The standard InChI is InChI=1S/C15H20N4O2S2/c1-4-21-14(20)10-8-22-13(16-10)11-6-5-7-19(11)15-17-12(9(2)3)18-23-15/h8-9,11H,4-7H2,1-3H3. The minimum atomic E-state index is -0.349. The van der Waals surface area contributed by atoms with Gasteiger partial charge in [0.1, 0.15) is 10.8 Å². The Morgan fingerprint density at radius 1 is 1.48 bits per heavy atom. The second-order valence-electron chi connectivity index (χ2n) is 5.73. The molecule has 1 aliphatic heterocycles. The highest BCUT2D eigenvalue weighted by Crippen LogP contribution is 2.38. The quantitative estimate of drug-likeness (QED) is 0.765. The number of carbonyl (C=O) groups excluding carboxylic acids is 1. The molecule has 0 spiro atoms. The van der Waals surface area contributed by atoms with Crippen LogP contribution in [0.25, 0.3) is 0 Å². The van der Waals surface area contributed by atoms with E-state index < -0.39 is 0 Å². The lowest BCUT2D eigenvalue weighted by Crippen LogP contribution is -2.22. The van der Waals surface area contributed by atoms with Crippen LogP contribution in [0.5, 0.6) is 0 Å². The first kappa shape index (κ1) is 16.3. The largest absolute Gasteiger partial charge is 0.461 e. The first-order valence-electron chi connectivity index (χ1n) is 7.83. The molecule has 0 N–H and O–H groups in total. The summed E-state index contributed by atoms with van der Waals surface area (Å²) in [5.74, 6) is 0.871. The summed E-state index contributed by atoms with van der Waals surface area (Å²) in [7, 11) is 0. The number of rotatable bonds is 5. The Morgan fingerprint density at radius 3 is 3.00 bits per heavy atom. The smallest absolute Gasteiger partial charge is 0.357 e. The molecule has 1 aliphatic rings. The van der Waals surface area contributed by atoms with Gasteiger partial charge in [-0.05, 0) is 19.8 Å². The minimum absolute atomic E-state index is 0.177. The highest BCUT2D eigenvalue weighted by molar-refractivity contribution is 7.10. The molecular weight excluding hydrogens is 332 g/mol. The molecule has 0 saturated carbocycles. The number of ether oxygens (including phenoxy) is 1. The van der Waals surface area contributed by atoms with E-state index in [2.05, 4.69) is 33.1 Å². The monoisotopic (exact) mass is 352 g/mol. The van der Waals surface area contributed by atoms with E-state index in [9.17, 15) is 4.79 Å². The van der Waals surface area contributed by atoms with Crippen molar-refractivity contribution in [1.29, 1.82) is 0 Å². The lowest BCUT2D eigenvalue weighted by atomic mass is 10.2. The Balaban J connectivity index is 1.80. The minimum Gasteiger partial charge on any atom is -0.461 e. The Hall–Kier alpha value is -1.54. The van der Waals surface area contributed by atoms with Crippen LogP contribution in [0.15, 0.2) is 5.38 Å². The number of anilines is 1. The van der Waals surface area contributed by atoms with Crippen molar-refractivity contribution in [2.75, 3.05) is 18.1 Å². The summed E-state index contributed by atoms with van der Waals surface area (Å²) in [6.45, 7) is 7.31. The van der Waals surface area contributed by atoms with E-state index in [1.807, 2.05) is 0 Å². The number of hydrogen-bond acceptors (Lipinski definition) is 8. The zero-order valence-electron chi connectivity index (χ0n) is 13.5. The molecule has 1 atom stereocenters. The van der Waals surface area contributed by atoms with Gasteiger partial charge in [-0.1, -0.05) is 13.8 Å². The molecule has 1 fully saturated rings. The average molecular weight is 352 g/mol. The molecule has 0 aromatic carbocycles. The number of carbonyl (C=O) groups is 1. The molecule has 8 heteroatoms. The van der Waals surface area contributed by atoms with Crippen molar-refractivity contribution < 1.29 is 9.53 Å². The molecule has 3 heterocycles. The van der Waals surface area contributed by atoms with Gasteiger partial charge in [0.05, 0.1) is 12.6 Å². The summed E-state index contributed by atoms with van der Waals surface area (Å²) in [6.07, 6.45) is 2.11. The van der Waals surface area contributed by atoms with Gasteiger partial charge in [0.25, 0.3) is 0 Å². The van der Waals surface area contributed by atoms with Crippen LogP contribution in [0.2, 0.25) is 0 Å². The number of aromatic nitrogens is 3. The van der Waals surface area contributed by atoms with Gasteiger partial charge >= 0.3 is 5.97 Å². The van der Waals surface area contributed by atoms with E-state index >= 15 is 0 Å². The lowest BCUT2D eigenvalue weighted by Gasteiger charge is -2.21. The summed E-state index contributed by atoms with van der Waals surface area (Å²) in [5.41, 5.74) is 0.402. The maximum absolute atomic E-state index is 11.8. The highest BCUT2D eigenvalue weighted by Gasteiger charge is 2.31. The van der Waals surface area contributed by atoms with Gasteiger partial charge in [-0.15, -0.1) is 11.3 Å². The summed E-state index contributed by atoms with van der Waals surface area (Å²) in [4.78, 5) is 23.2. The number of thiazole rings is 1. The Bertz CT molecular complexity index is 683. The third-order valence-corrected chi connectivity index (χ3v) is 5.45. The fraction of sp³-hybridized carbons (Fsp3) is 0.600. The third-order valence-electron chi connectivity index (χ3n) is 3.74. The molecule has 6 nitrogen and oxygen atoms in total. The zero-order chi connectivity index (χ0) is 16.4. The van der Waals surface area contributed by atoms with Gasteiger partial charge in [0, 0.05) is 29.4 Å². The molecule has 0 radical (unpaired) electrons. The molecule has 3 rings (SSSR count). The number of nitrogens with zero attached hydrogens (tertiary/aromatic N) is 4. The van der Waals surface area contributed by atoms with Crippen LogP contribution in [0, 0.1) is 0 Å². The molecule has 0 aliphatic carbocycles. The van der Waals surface area contributed by atoms with Crippen molar-refractivity contribution in [3.8, 4) is 0 Å². The predicted octanol–water partition coefficient (Wildman–Crippen LogP) is 3.64. The van der Waals surface area contributed by atoms with Crippen LogP contribution in [0.4, 0.5) is 5.13 Å². The van der Waals surface area contributed by atoms with Gasteiger partial charge in [0.2, 0.25) is 5.13 Å². The van der Waals surface area contributed by atoms with E-state index in [1.165, 1.54) is 22.9 Å². The summed E-state index contributed by atoms with van der Waals surface area (Å²) < 4.78 is 9.46. The Kier molecular flexibility index (Phi) is 4.91. The van der Waals surface area contributed by atoms with E-state index in [0.717, 1.165) is 35.3 Å². The average Bonchev–Trinajstić information content (AvgIpc) is 3.26. The van der Waals surface area contributed by atoms with Crippen LogP contribution >= 0.6 is 22.9 Å². The summed E-state index contributed by atoms with van der Waals surface area (Å²) >= 11 is 2.96. The fourth-order valence-electron chi connectivity index (χ4n) is 2.57. The number of esters is 1. The third kappa shape index (κ3) is 3.37. The lowest BCUT2D eigenvalue weighted by molar-refractivity contribution is 0.0520. The van der Waals surface area contributed by atoms with Gasteiger partial charge in [-0.3, -0.25) is 0 Å². The van der Waals surface area contributed by atoms with E-state index in [-0.39, 0.29) is 12.0 Å². The molecule has 2 aromatic rings. The van der Waals surface area contributed by atoms with Crippen molar-refractivity contribution in [2.45, 2.75) is 45.6 Å². The summed E-state index contributed by atoms with van der Waals surface area (Å²) in [5, 5.41) is 3.68. The van der Waals surface area contributed by atoms with Crippen molar-refractivity contribution in [3.63, 3.8) is 0 Å². The second-order valence-corrected chi connectivity index (χ2v) is 7.35. The SMILES string of the molecule is CCOC(=O)c1csc(C2CCCN2c2nc(C(C)C)ns2)n1. The maximum Gasteiger partial charge on any atom is 0.357 e. The van der Waals surface area contributed by atoms with Crippen LogP contribution in [0.3, 0.4) is 0 Å². The fourth-order valence-corrected chi connectivity index (χ4v) is 4.39. The molecule has 0 bridgehead atoms. The van der Waals surface area contributed by atoms with E-state index in [4.69, 9.17) is 4.74 Å². The molecule has 23 heavy (non-hydrogen) atoms. The molecule has 124 valence electrons. The molecule has 2 aromatic heterocycles. The predicted molar refractivity (Wildman–Crippen MR) is 91.4 cm³/mol. The Labute approximate surface area is 143 Å². The summed E-state index contributed by atoms with van der Waals surface area (Å²) in [6, 6.07) is 0.177. The normalized spacial score (nSPS) is 17.9. The first-order valence-corrected chi connectivity index (χ1v) is 9.48. The highest BCUT2D eigenvalue weighted by atomic mass is 32.1. The first-order chi connectivity index (χ1) is 11.1. The molecule has 1 saturated heterocycles. The topological polar surface area (TPSA) is 68.2 Å². The second kappa shape index (κ2) is 6.92. The van der Waals surface area contributed by atoms with Crippen molar-refractivity contribution in [1.82, 2.24) is 14.3 Å². The van der Waals surface area contributed by atoms with Crippen molar-refractivity contribution >= 4 is 34.0 Å². The van der Waals surface area contributed by atoms with Crippen molar-refractivity contribution in [2.24, 2.45) is 0 Å². The Morgan fingerprint density at radius 2 is 2.30 bits per heavy atom. The van der Waals surface area contributed by atoms with Gasteiger partial charge in [-0.2, -0.15) is 4.37 Å². The molecule has 1 unspecified atom stereocenters.